The van der Waals surface area contributed by atoms with E-state index in [1.54, 1.807) is 24.3 Å². The molecule has 3 aromatic carbocycles. The number of para-hydroxylation sites is 2. The van der Waals surface area contributed by atoms with Crippen LogP contribution in [0.25, 0.3) is 0 Å². The van der Waals surface area contributed by atoms with Crippen LogP contribution in [0.2, 0.25) is 0 Å². The number of nitrogens with zero attached hydrogens (tertiary/aromatic N) is 2. The average Bonchev–Trinajstić information content (AvgIpc) is 3.37. The Morgan fingerprint density at radius 1 is 0.906 bits per heavy atom. The first-order valence-electron chi connectivity index (χ1n) is 10.8. The molecule has 0 unspecified atom stereocenters. The number of hydrogen-bond donors (Lipinski definition) is 1. The summed E-state index contributed by atoms with van der Waals surface area (Å²) in [6.45, 7) is 2.17. The molecule has 2 heterocycles. The van der Waals surface area contributed by atoms with Crippen LogP contribution < -0.4 is 14.5 Å². The van der Waals surface area contributed by atoms with Crippen LogP contribution in [0.4, 0.5) is 17.1 Å². The first kappa shape index (κ1) is 20.6. The second-order valence-corrected chi connectivity index (χ2v) is 10.2. The number of anilines is 3. The van der Waals surface area contributed by atoms with Gasteiger partial charge in [-0.1, -0.05) is 36.4 Å². The highest BCUT2D eigenvalue weighted by Gasteiger charge is 2.28. The first-order chi connectivity index (χ1) is 15.5. The molecule has 2 aliphatic heterocycles. The smallest absolute Gasteiger partial charge is 0.255 e. The molecule has 7 heteroatoms. The minimum Gasteiger partial charge on any atom is -0.367 e. The third kappa shape index (κ3) is 3.96. The lowest BCUT2D eigenvalue weighted by molar-refractivity contribution is 0.102. The van der Waals surface area contributed by atoms with Gasteiger partial charge in [0, 0.05) is 36.6 Å². The van der Waals surface area contributed by atoms with Crippen LogP contribution in [0.1, 0.15) is 27.9 Å². The maximum atomic E-state index is 12.9. The van der Waals surface area contributed by atoms with Gasteiger partial charge in [0.2, 0.25) is 10.0 Å². The largest absolute Gasteiger partial charge is 0.367 e. The zero-order valence-electron chi connectivity index (χ0n) is 17.7. The molecule has 0 radical (unpaired) electrons. The van der Waals surface area contributed by atoms with Crippen LogP contribution in [-0.4, -0.2) is 33.2 Å². The predicted molar refractivity (Wildman–Crippen MR) is 128 cm³/mol. The maximum absolute atomic E-state index is 12.9. The summed E-state index contributed by atoms with van der Waals surface area (Å²) >= 11 is 0. The van der Waals surface area contributed by atoms with E-state index in [0.717, 1.165) is 30.8 Å². The van der Waals surface area contributed by atoms with Crippen molar-refractivity contribution in [2.75, 3.05) is 33.4 Å². The van der Waals surface area contributed by atoms with Crippen molar-refractivity contribution in [3.63, 3.8) is 0 Å². The Labute approximate surface area is 188 Å². The van der Waals surface area contributed by atoms with Crippen LogP contribution >= 0.6 is 0 Å². The summed E-state index contributed by atoms with van der Waals surface area (Å²) in [5, 5.41) is 3.03. The Hall–Kier alpha value is -3.32. The highest BCUT2D eigenvalue weighted by molar-refractivity contribution is 7.93. The molecule has 2 aliphatic rings. The van der Waals surface area contributed by atoms with Crippen molar-refractivity contribution in [3.05, 3.63) is 89.5 Å². The minimum atomic E-state index is -3.23. The number of nitrogens with one attached hydrogen (secondary N) is 1. The SMILES string of the molecule is O=C(Nc1ccccc1CN1CCc2ccccc21)c1ccc(N2CCCS2(=O)=O)cc1. The number of carbonyl (C=O) groups is 1. The van der Waals surface area contributed by atoms with Crippen molar-refractivity contribution in [1.82, 2.24) is 0 Å². The number of sulfonamides is 1. The maximum Gasteiger partial charge on any atom is 0.255 e. The minimum absolute atomic E-state index is 0.174. The molecule has 1 saturated heterocycles. The summed E-state index contributed by atoms with van der Waals surface area (Å²) in [5.74, 6) is -0.0387. The third-order valence-electron chi connectivity index (χ3n) is 6.13. The van der Waals surface area contributed by atoms with Gasteiger partial charge in [0.25, 0.3) is 5.91 Å². The third-order valence-corrected chi connectivity index (χ3v) is 8.00. The van der Waals surface area contributed by atoms with Crippen LogP contribution in [0.5, 0.6) is 0 Å². The number of hydrogen-bond acceptors (Lipinski definition) is 4. The first-order valence-corrected chi connectivity index (χ1v) is 12.4. The Morgan fingerprint density at radius 3 is 2.44 bits per heavy atom. The summed E-state index contributed by atoms with van der Waals surface area (Å²) in [5.41, 5.74) is 5.54. The molecule has 5 rings (SSSR count). The molecule has 1 amide bonds. The number of benzene rings is 3. The molecule has 1 fully saturated rings. The van der Waals surface area contributed by atoms with Gasteiger partial charge in [-0.15, -0.1) is 0 Å². The van der Waals surface area contributed by atoms with E-state index in [0.29, 0.717) is 24.2 Å². The topological polar surface area (TPSA) is 69.7 Å². The predicted octanol–water partition coefficient (Wildman–Crippen LogP) is 4.04. The summed E-state index contributed by atoms with van der Waals surface area (Å²) < 4.78 is 25.7. The summed E-state index contributed by atoms with van der Waals surface area (Å²) in [4.78, 5) is 15.2. The number of amides is 1. The molecule has 1 N–H and O–H groups in total. The molecule has 0 aromatic heterocycles. The van der Waals surface area contributed by atoms with E-state index in [1.165, 1.54) is 15.6 Å². The summed E-state index contributed by atoms with van der Waals surface area (Å²) in [7, 11) is -3.23. The second-order valence-electron chi connectivity index (χ2n) is 8.20. The lowest BCUT2D eigenvalue weighted by Crippen LogP contribution is -2.25. The molecular formula is C25H25N3O3S. The van der Waals surface area contributed by atoms with Gasteiger partial charge in [0.05, 0.1) is 11.4 Å². The molecule has 0 aliphatic carbocycles. The number of fused-ring (bicyclic) bond motifs is 1. The van der Waals surface area contributed by atoms with Gasteiger partial charge in [0.1, 0.15) is 0 Å². The van der Waals surface area contributed by atoms with Crippen LogP contribution in [0.15, 0.2) is 72.8 Å². The molecule has 0 atom stereocenters. The van der Waals surface area contributed by atoms with Crippen LogP contribution in [0.3, 0.4) is 0 Å². The van der Waals surface area contributed by atoms with Gasteiger partial charge >= 0.3 is 0 Å². The van der Waals surface area contributed by atoms with Crippen molar-refractivity contribution in [3.8, 4) is 0 Å². The van der Waals surface area contributed by atoms with Crippen molar-refractivity contribution < 1.29 is 13.2 Å². The zero-order valence-corrected chi connectivity index (χ0v) is 18.5. The highest BCUT2D eigenvalue weighted by atomic mass is 32.2. The number of rotatable bonds is 5. The van der Waals surface area contributed by atoms with E-state index in [2.05, 4.69) is 34.5 Å². The van der Waals surface area contributed by atoms with Crippen molar-refractivity contribution in [2.45, 2.75) is 19.4 Å². The number of carbonyl (C=O) groups excluding carboxylic acids is 1. The Bertz CT molecular complexity index is 1260. The second kappa shape index (κ2) is 8.31. The fourth-order valence-electron chi connectivity index (χ4n) is 4.46. The molecule has 3 aromatic rings. The Kier molecular flexibility index (Phi) is 5.35. The van der Waals surface area contributed by atoms with E-state index >= 15 is 0 Å². The molecule has 32 heavy (non-hydrogen) atoms. The van der Waals surface area contributed by atoms with Gasteiger partial charge < -0.3 is 10.2 Å². The monoisotopic (exact) mass is 447 g/mol. The fraction of sp³-hybridized carbons (Fsp3) is 0.240. The van der Waals surface area contributed by atoms with Gasteiger partial charge in [-0.25, -0.2) is 8.42 Å². The summed E-state index contributed by atoms with van der Waals surface area (Å²) in [6, 6.07) is 23.1. The quantitative estimate of drug-likeness (QED) is 0.641. The average molecular weight is 448 g/mol. The molecule has 6 nitrogen and oxygen atoms in total. The van der Waals surface area contributed by atoms with E-state index in [1.807, 2.05) is 24.3 Å². The summed E-state index contributed by atoms with van der Waals surface area (Å²) in [6.07, 6.45) is 1.66. The van der Waals surface area contributed by atoms with E-state index in [9.17, 15) is 13.2 Å². The normalized spacial score (nSPS) is 16.8. The van der Waals surface area contributed by atoms with E-state index < -0.39 is 10.0 Å². The van der Waals surface area contributed by atoms with Crippen molar-refractivity contribution in [1.29, 1.82) is 0 Å². The van der Waals surface area contributed by atoms with Gasteiger partial charge in [-0.2, -0.15) is 0 Å². The fourth-order valence-corrected chi connectivity index (χ4v) is 6.02. The van der Waals surface area contributed by atoms with Crippen LogP contribution in [0, 0.1) is 0 Å². The molecular weight excluding hydrogens is 422 g/mol. The lowest BCUT2D eigenvalue weighted by Gasteiger charge is -2.21. The molecule has 0 saturated carbocycles. The molecule has 0 spiro atoms. The van der Waals surface area contributed by atoms with E-state index in [-0.39, 0.29) is 11.7 Å². The van der Waals surface area contributed by atoms with Gasteiger partial charge in [0.15, 0.2) is 0 Å². The van der Waals surface area contributed by atoms with Crippen molar-refractivity contribution in [2.24, 2.45) is 0 Å². The lowest BCUT2D eigenvalue weighted by atomic mass is 10.1. The highest BCUT2D eigenvalue weighted by Crippen LogP contribution is 2.30. The van der Waals surface area contributed by atoms with E-state index in [4.69, 9.17) is 0 Å². The van der Waals surface area contributed by atoms with Gasteiger partial charge in [-0.05, 0) is 60.4 Å². The van der Waals surface area contributed by atoms with Gasteiger partial charge in [-0.3, -0.25) is 9.10 Å². The van der Waals surface area contributed by atoms with Crippen LogP contribution in [-0.2, 0) is 23.0 Å². The Balaban J connectivity index is 1.31. The Morgan fingerprint density at radius 2 is 1.66 bits per heavy atom. The standard InChI is InChI=1S/C25H25N3O3S/c29-25(20-10-12-22(13-11-20)28-15-5-17-32(28,30)31)26-23-8-3-1-7-21(23)18-27-16-14-19-6-2-4-9-24(19)27/h1-4,6-13H,5,14-18H2,(H,26,29). The molecule has 0 bridgehead atoms. The molecule has 164 valence electrons. The zero-order chi connectivity index (χ0) is 22.1. The van der Waals surface area contributed by atoms with Crippen molar-refractivity contribution >= 4 is 33.0 Å².